The first-order chi connectivity index (χ1) is 14.8. The van der Waals surface area contributed by atoms with Crippen molar-refractivity contribution in [2.75, 3.05) is 7.11 Å². The second kappa shape index (κ2) is 10.2. The fraction of sp³-hybridized carbons (Fsp3) is 0.0417. The molecule has 0 unspecified atom stereocenters. The van der Waals surface area contributed by atoms with Gasteiger partial charge in [0, 0.05) is 23.3 Å². The quantitative estimate of drug-likeness (QED) is 0.175. The maximum Gasteiger partial charge on any atom is 0.673 e. The van der Waals surface area contributed by atoms with Crippen LogP contribution >= 0.6 is 11.3 Å². The van der Waals surface area contributed by atoms with Crippen LogP contribution in [-0.2, 0) is 0 Å². The minimum Gasteiger partial charge on any atom is -0.497 e. The van der Waals surface area contributed by atoms with Gasteiger partial charge in [0.25, 0.3) is 0 Å². The first-order valence-corrected chi connectivity index (χ1v) is 10.3. The third-order valence-electron chi connectivity index (χ3n) is 4.33. The molecule has 1 heterocycles. The summed E-state index contributed by atoms with van der Waals surface area (Å²) in [6.45, 7) is 0. The summed E-state index contributed by atoms with van der Waals surface area (Å²) in [5.41, 5.74) is 4.88. The van der Waals surface area contributed by atoms with Gasteiger partial charge in [0.1, 0.15) is 5.75 Å². The average Bonchev–Trinajstić information content (AvgIpc) is 2.79. The molecule has 0 aliphatic rings. The SMILES string of the molecule is COc1ccc(-c2cc(-c3ccccc3)[s+]c(-c3ccccc3)c2)cc1.F[B-](F)(F)F. The largest absolute Gasteiger partial charge is 0.673 e. The number of methoxy groups -OCH3 is 1. The van der Waals surface area contributed by atoms with Crippen LogP contribution in [0.15, 0.2) is 97.1 Å². The Kier molecular flexibility index (Phi) is 7.42. The topological polar surface area (TPSA) is 9.23 Å². The van der Waals surface area contributed by atoms with Gasteiger partial charge in [-0.05, 0) is 47.5 Å². The van der Waals surface area contributed by atoms with Crippen molar-refractivity contribution in [1.82, 2.24) is 0 Å². The molecular formula is C24H19BF4OS. The molecule has 7 heteroatoms. The van der Waals surface area contributed by atoms with Crippen LogP contribution in [0.3, 0.4) is 0 Å². The van der Waals surface area contributed by atoms with Crippen molar-refractivity contribution in [2.45, 2.75) is 0 Å². The van der Waals surface area contributed by atoms with Crippen LogP contribution in [0.5, 0.6) is 5.75 Å². The van der Waals surface area contributed by atoms with Crippen molar-refractivity contribution in [1.29, 1.82) is 0 Å². The van der Waals surface area contributed by atoms with Gasteiger partial charge in [-0.1, -0.05) is 48.5 Å². The molecule has 0 saturated carbocycles. The van der Waals surface area contributed by atoms with Gasteiger partial charge in [0.2, 0.25) is 21.1 Å². The lowest BCUT2D eigenvalue weighted by Crippen LogP contribution is -2.02. The second-order valence-electron chi connectivity index (χ2n) is 6.53. The lowest BCUT2D eigenvalue weighted by Gasteiger charge is -2.05. The van der Waals surface area contributed by atoms with Gasteiger partial charge in [-0.2, -0.15) is 0 Å². The second-order valence-corrected chi connectivity index (χ2v) is 7.61. The Hall–Kier alpha value is -3.19. The van der Waals surface area contributed by atoms with Gasteiger partial charge in [0.05, 0.1) is 7.11 Å². The molecule has 4 aromatic rings. The molecule has 0 saturated heterocycles. The van der Waals surface area contributed by atoms with E-state index in [9.17, 15) is 17.3 Å². The van der Waals surface area contributed by atoms with E-state index in [0.29, 0.717) is 0 Å². The molecule has 0 N–H and O–H groups in total. The summed E-state index contributed by atoms with van der Waals surface area (Å²) in [5.74, 6) is 0.874. The molecule has 0 radical (unpaired) electrons. The molecule has 0 bridgehead atoms. The highest BCUT2D eigenvalue weighted by Crippen LogP contribution is 2.37. The van der Waals surface area contributed by atoms with Crippen LogP contribution in [-0.4, -0.2) is 14.4 Å². The smallest absolute Gasteiger partial charge is 0.497 e. The summed E-state index contributed by atoms with van der Waals surface area (Å²) in [6, 6.07) is 33.9. The van der Waals surface area contributed by atoms with Crippen molar-refractivity contribution in [2.24, 2.45) is 0 Å². The summed E-state index contributed by atoms with van der Waals surface area (Å²) in [7, 11) is -4.31. The van der Waals surface area contributed by atoms with Gasteiger partial charge in [-0.25, -0.2) is 0 Å². The lowest BCUT2D eigenvalue weighted by molar-refractivity contribution is 0.368. The zero-order valence-electron chi connectivity index (χ0n) is 16.6. The zero-order valence-corrected chi connectivity index (χ0v) is 17.5. The maximum atomic E-state index is 9.75. The van der Waals surface area contributed by atoms with Crippen LogP contribution in [0.25, 0.3) is 32.0 Å². The van der Waals surface area contributed by atoms with Crippen molar-refractivity contribution in [3.63, 3.8) is 0 Å². The van der Waals surface area contributed by atoms with E-state index >= 15 is 0 Å². The number of hydrogen-bond donors (Lipinski definition) is 0. The minimum absolute atomic E-state index is 0.874. The van der Waals surface area contributed by atoms with Crippen LogP contribution in [0.4, 0.5) is 17.3 Å². The Morgan fingerprint density at radius 3 is 1.39 bits per heavy atom. The molecule has 158 valence electrons. The molecule has 31 heavy (non-hydrogen) atoms. The normalized spacial score (nSPS) is 10.7. The third kappa shape index (κ3) is 6.93. The summed E-state index contributed by atoms with van der Waals surface area (Å²) >= 11 is 1.82. The Bertz CT molecular complexity index is 1040. The highest BCUT2D eigenvalue weighted by atomic mass is 32.1. The summed E-state index contributed by atoms with van der Waals surface area (Å²) < 4.78 is 44.3. The number of rotatable bonds is 4. The minimum atomic E-state index is -6.00. The van der Waals surface area contributed by atoms with Crippen molar-refractivity contribution >= 4 is 18.6 Å². The lowest BCUT2D eigenvalue weighted by atomic mass is 10.0. The molecule has 0 aliphatic heterocycles. The van der Waals surface area contributed by atoms with E-state index in [1.165, 1.54) is 32.0 Å². The molecule has 0 atom stereocenters. The molecule has 1 aromatic heterocycles. The highest BCUT2D eigenvalue weighted by Gasteiger charge is 2.21. The fourth-order valence-corrected chi connectivity index (χ4v) is 4.06. The Labute approximate surface area is 182 Å². The van der Waals surface area contributed by atoms with Gasteiger partial charge in [-0.15, -0.1) is 0 Å². The summed E-state index contributed by atoms with van der Waals surface area (Å²) in [5, 5.41) is 0. The highest BCUT2D eigenvalue weighted by molar-refractivity contribution is 7.18. The summed E-state index contributed by atoms with van der Waals surface area (Å²) in [6.07, 6.45) is 0. The van der Waals surface area contributed by atoms with E-state index in [-0.39, 0.29) is 0 Å². The third-order valence-corrected chi connectivity index (χ3v) is 5.48. The molecule has 0 fully saturated rings. The summed E-state index contributed by atoms with van der Waals surface area (Å²) in [4.78, 5) is 2.52. The van der Waals surface area contributed by atoms with Gasteiger partial charge in [-0.3, -0.25) is 0 Å². The molecule has 0 aliphatic carbocycles. The van der Waals surface area contributed by atoms with E-state index in [1.54, 1.807) is 7.11 Å². The molecule has 0 spiro atoms. The first-order valence-electron chi connectivity index (χ1n) is 9.44. The molecular weight excluding hydrogens is 423 g/mol. The Morgan fingerprint density at radius 2 is 1.00 bits per heavy atom. The zero-order chi connectivity index (χ0) is 22.3. The van der Waals surface area contributed by atoms with Gasteiger partial charge >= 0.3 is 7.25 Å². The van der Waals surface area contributed by atoms with Crippen LogP contribution in [0.2, 0.25) is 0 Å². The number of halogens is 4. The standard InChI is InChI=1S/C24H19OS.BF4/c1-25-22-14-12-18(13-15-22)21-16-23(19-8-4-2-5-9-19)26-24(17-21)20-10-6-3-7-11-20;2-1(3,4)5/h2-17H,1H3;/q+1;-1. The average molecular weight is 442 g/mol. The molecule has 4 rings (SSSR count). The van der Waals surface area contributed by atoms with Crippen molar-refractivity contribution in [3.05, 3.63) is 97.1 Å². The number of benzene rings is 3. The van der Waals surface area contributed by atoms with Crippen LogP contribution in [0.1, 0.15) is 0 Å². The first kappa shape index (κ1) is 22.5. The van der Waals surface area contributed by atoms with Gasteiger partial charge in [0.15, 0.2) is 0 Å². The monoisotopic (exact) mass is 442 g/mol. The van der Waals surface area contributed by atoms with Crippen LogP contribution in [0, 0.1) is 0 Å². The predicted molar refractivity (Wildman–Crippen MR) is 122 cm³/mol. The van der Waals surface area contributed by atoms with Gasteiger partial charge < -0.3 is 22.0 Å². The molecule has 3 aromatic carbocycles. The van der Waals surface area contributed by atoms with E-state index in [1.807, 2.05) is 23.5 Å². The van der Waals surface area contributed by atoms with E-state index in [4.69, 9.17) is 4.74 Å². The number of hydrogen-bond acceptors (Lipinski definition) is 1. The van der Waals surface area contributed by atoms with E-state index in [2.05, 4.69) is 84.9 Å². The molecule has 1 nitrogen and oxygen atoms in total. The Balaban J connectivity index is 0.000000491. The van der Waals surface area contributed by atoms with Crippen molar-refractivity contribution in [3.8, 4) is 37.8 Å². The van der Waals surface area contributed by atoms with E-state index < -0.39 is 7.25 Å². The fourth-order valence-electron chi connectivity index (χ4n) is 2.94. The van der Waals surface area contributed by atoms with Crippen molar-refractivity contribution < 1.29 is 22.0 Å². The predicted octanol–water partition coefficient (Wildman–Crippen LogP) is 8.34. The maximum absolute atomic E-state index is 9.75. The molecule has 0 amide bonds. The Morgan fingerprint density at radius 1 is 0.581 bits per heavy atom. The van der Waals surface area contributed by atoms with E-state index in [0.717, 1.165) is 5.75 Å². The number of ether oxygens (including phenoxy) is 1. The van der Waals surface area contributed by atoms with Crippen LogP contribution < -0.4 is 4.74 Å².